The van der Waals surface area contributed by atoms with Gasteiger partial charge in [0.15, 0.2) is 0 Å². The molecule has 7 nitrogen and oxygen atoms in total. The molecule has 2 saturated heterocycles. The lowest BCUT2D eigenvalue weighted by Gasteiger charge is -2.58. The molecule has 2 amide bonds. The van der Waals surface area contributed by atoms with E-state index in [9.17, 15) is 14.7 Å². The maximum Gasteiger partial charge on any atom is 0.237 e. The van der Waals surface area contributed by atoms with Gasteiger partial charge in [0.05, 0.1) is 30.9 Å². The van der Waals surface area contributed by atoms with Crippen molar-refractivity contribution >= 4 is 11.8 Å². The van der Waals surface area contributed by atoms with Crippen molar-refractivity contribution in [2.45, 2.75) is 50.1 Å². The predicted molar refractivity (Wildman–Crippen MR) is 91.4 cm³/mol. The first-order valence-corrected chi connectivity index (χ1v) is 8.59. The van der Waals surface area contributed by atoms with Gasteiger partial charge in [0.2, 0.25) is 11.8 Å². The Labute approximate surface area is 147 Å². The molecule has 1 spiro atoms. The summed E-state index contributed by atoms with van der Waals surface area (Å²) in [5.41, 5.74) is 6.14. The fourth-order valence-corrected chi connectivity index (χ4v) is 3.94. The zero-order valence-electron chi connectivity index (χ0n) is 14.4. The molecule has 2 aliphatic heterocycles. The number of amides is 2. The van der Waals surface area contributed by atoms with E-state index in [1.807, 2.05) is 35.2 Å². The summed E-state index contributed by atoms with van der Waals surface area (Å²) < 4.78 is 5.86. The first-order valence-electron chi connectivity index (χ1n) is 8.59. The number of hydrogen-bond donors (Lipinski definition) is 3. The Morgan fingerprint density at radius 2 is 2.20 bits per heavy atom. The molecule has 0 aliphatic carbocycles. The summed E-state index contributed by atoms with van der Waals surface area (Å²) in [6.45, 7) is 2.85. The molecule has 0 bridgehead atoms. The molecular formula is C18H25N3O4. The van der Waals surface area contributed by atoms with E-state index < -0.39 is 23.6 Å². The number of aliphatic hydroxyl groups is 1. The van der Waals surface area contributed by atoms with Crippen LogP contribution in [0.2, 0.25) is 0 Å². The third kappa shape index (κ3) is 3.53. The highest BCUT2D eigenvalue weighted by atomic mass is 16.5. The Morgan fingerprint density at radius 1 is 1.48 bits per heavy atom. The van der Waals surface area contributed by atoms with Crippen molar-refractivity contribution in [3.63, 3.8) is 0 Å². The van der Waals surface area contributed by atoms with Crippen LogP contribution >= 0.6 is 0 Å². The Balaban J connectivity index is 1.69. The van der Waals surface area contributed by atoms with Crippen molar-refractivity contribution in [2.24, 2.45) is 5.73 Å². The number of nitrogens with one attached hydrogen (secondary N) is 1. The van der Waals surface area contributed by atoms with Crippen molar-refractivity contribution in [1.82, 2.24) is 10.2 Å². The zero-order valence-corrected chi connectivity index (χ0v) is 14.4. The average molecular weight is 347 g/mol. The van der Waals surface area contributed by atoms with Gasteiger partial charge in [0.25, 0.3) is 0 Å². The quantitative estimate of drug-likeness (QED) is 0.632. The normalized spacial score (nSPS) is 28.4. The summed E-state index contributed by atoms with van der Waals surface area (Å²) in [6.07, 6.45) is 0.287. The van der Waals surface area contributed by atoms with E-state index in [1.165, 1.54) is 0 Å². The van der Waals surface area contributed by atoms with Gasteiger partial charge in [0, 0.05) is 13.0 Å². The highest BCUT2D eigenvalue weighted by Crippen LogP contribution is 2.39. The van der Waals surface area contributed by atoms with Gasteiger partial charge in [-0.2, -0.15) is 0 Å². The molecule has 25 heavy (non-hydrogen) atoms. The third-order valence-electron chi connectivity index (χ3n) is 5.18. The first kappa shape index (κ1) is 17.8. The molecule has 2 unspecified atom stereocenters. The summed E-state index contributed by atoms with van der Waals surface area (Å²) in [6, 6.07) is 8.83. The standard InChI is InChI=1S/C18H25N3O4/c1-12(22)16(17(19)24)21-11-18(8-7-15(23)20-18)14(21)10-25-9-13-5-3-2-4-6-13/h2-6,12,14,16,22H,7-11H2,1H3,(H2,19,24)(H,20,23)/t12-,14?,16+,18?/m1/s1. The van der Waals surface area contributed by atoms with E-state index in [-0.39, 0.29) is 11.9 Å². The minimum atomic E-state index is -0.886. The molecule has 0 saturated carbocycles. The fourth-order valence-electron chi connectivity index (χ4n) is 3.94. The monoisotopic (exact) mass is 347 g/mol. The van der Waals surface area contributed by atoms with Crippen LogP contribution in [0.5, 0.6) is 0 Å². The van der Waals surface area contributed by atoms with Crippen LogP contribution in [0.25, 0.3) is 0 Å². The summed E-state index contributed by atoms with van der Waals surface area (Å²) in [5, 5.41) is 13.0. The van der Waals surface area contributed by atoms with E-state index >= 15 is 0 Å². The maximum absolute atomic E-state index is 11.8. The number of likely N-dealkylation sites (tertiary alicyclic amines) is 1. The molecule has 0 aromatic heterocycles. The van der Waals surface area contributed by atoms with Crippen LogP contribution < -0.4 is 11.1 Å². The molecule has 2 heterocycles. The van der Waals surface area contributed by atoms with Gasteiger partial charge < -0.3 is 20.9 Å². The van der Waals surface area contributed by atoms with E-state index in [0.29, 0.717) is 32.6 Å². The third-order valence-corrected chi connectivity index (χ3v) is 5.18. The van der Waals surface area contributed by atoms with Crippen LogP contribution in [0.4, 0.5) is 0 Å². The second-order valence-electron chi connectivity index (χ2n) is 6.98. The van der Waals surface area contributed by atoms with Gasteiger partial charge in [-0.15, -0.1) is 0 Å². The van der Waals surface area contributed by atoms with Crippen molar-refractivity contribution < 1.29 is 19.4 Å². The van der Waals surface area contributed by atoms with Gasteiger partial charge in [-0.05, 0) is 18.9 Å². The van der Waals surface area contributed by atoms with Crippen molar-refractivity contribution in [2.75, 3.05) is 13.2 Å². The number of aliphatic hydroxyl groups excluding tert-OH is 1. The number of carbonyl (C=O) groups is 2. The lowest BCUT2D eigenvalue weighted by atomic mass is 9.77. The highest BCUT2D eigenvalue weighted by Gasteiger charge is 2.59. The second-order valence-corrected chi connectivity index (χ2v) is 6.98. The van der Waals surface area contributed by atoms with Gasteiger partial charge in [-0.25, -0.2) is 0 Å². The lowest BCUT2D eigenvalue weighted by molar-refractivity contribution is -0.148. The van der Waals surface area contributed by atoms with E-state index in [1.54, 1.807) is 6.92 Å². The van der Waals surface area contributed by atoms with Crippen molar-refractivity contribution in [1.29, 1.82) is 0 Å². The molecular weight excluding hydrogens is 322 g/mol. The predicted octanol–water partition coefficient (Wildman–Crippen LogP) is -0.229. The van der Waals surface area contributed by atoms with E-state index in [2.05, 4.69) is 5.32 Å². The number of hydrogen-bond acceptors (Lipinski definition) is 5. The van der Waals surface area contributed by atoms with Crippen molar-refractivity contribution in [3.8, 4) is 0 Å². The van der Waals surface area contributed by atoms with Crippen molar-refractivity contribution in [3.05, 3.63) is 35.9 Å². The molecule has 2 aliphatic rings. The molecule has 2 fully saturated rings. The minimum absolute atomic E-state index is 0.0142. The zero-order chi connectivity index (χ0) is 18.0. The summed E-state index contributed by atoms with van der Waals surface area (Å²) >= 11 is 0. The highest BCUT2D eigenvalue weighted by molar-refractivity contribution is 5.82. The number of carbonyl (C=O) groups excluding carboxylic acids is 2. The second kappa shape index (κ2) is 7.11. The largest absolute Gasteiger partial charge is 0.391 e. The fraction of sp³-hybridized carbons (Fsp3) is 0.556. The SMILES string of the molecule is C[C@@H](O)[C@@H](C(N)=O)N1CC2(CCC(=O)N2)C1COCc1ccccc1. The van der Waals surface area contributed by atoms with Crippen LogP contribution in [-0.2, 0) is 20.9 Å². The molecule has 4 N–H and O–H groups in total. The Kier molecular flexibility index (Phi) is 5.08. The smallest absolute Gasteiger partial charge is 0.237 e. The molecule has 3 rings (SSSR count). The molecule has 1 aromatic rings. The number of rotatable bonds is 7. The minimum Gasteiger partial charge on any atom is -0.391 e. The number of ether oxygens (including phenoxy) is 1. The number of primary amides is 1. The Morgan fingerprint density at radius 3 is 2.76 bits per heavy atom. The summed E-state index contributed by atoms with van der Waals surface area (Å²) in [4.78, 5) is 25.4. The van der Waals surface area contributed by atoms with Crippen LogP contribution in [0.3, 0.4) is 0 Å². The van der Waals surface area contributed by atoms with Gasteiger partial charge in [-0.3, -0.25) is 14.5 Å². The van der Waals surface area contributed by atoms with Gasteiger partial charge in [0.1, 0.15) is 6.04 Å². The Hall–Kier alpha value is -1.96. The Bertz CT molecular complexity index is 636. The van der Waals surface area contributed by atoms with E-state index in [4.69, 9.17) is 10.5 Å². The molecule has 136 valence electrons. The van der Waals surface area contributed by atoms with E-state index in [0.717, 1.165) is 5.56 Å². The van der Waals surface area contributed by atoms with Crippen LogP contribution in [-0.4, -0.2) is 58.7 Å². The number of nitrogens with zero attached hydrogens (tertiary/aromatic N) is 1. The molecule has 7 heteroatoms. The number of nitrogens with two attached hydrogens (primary N) is 1. The number of benzene rings is 1. The summed E-state index contributed by atoms with van der Waals surface area (Å²) in [5.74, 6) is -0.553. The first-order chi connectivity index (χ1) is 11.9. The molecule has 1 aromatic carbocycles. The summed E-state index contributed by atoms with van der Waals surface area (Å²) in [7, 11) is 0. The molecule has 4 atom stereocenters. The average Bonchev–Trinajstić information content (AvgIpc) is 2.95. The van der Waals surface area contributed by atoms with Crippen LogP contribution in [0.1, 0.15) is 25.3 Å². The van der Waals surface area contributed by atoms with Gasteiger partial charge >= 0.3 is 0 Å². The molecule has 0 radical (unpaired) electrons. The topological polar surface area (TPSA) is 105 Å². The van der Waals surface area contributed by atoms with Gasteiger partial charge in [-0.1, -0.05) is 30.3 Å². The maximum atomic E-state index is 11.8. The van der Waals surface area contributed by atoms with Crippen LogP contribution in [0, 0.1) is 0 Å². The lowest BCUT2D eigenvalue weighted by Crippen LogP contribution is -2.79. The van der Waals surface area contributed by atoms with Crippen LogP contribution in [0.15, 0.2) is 30.3 Å².